The lowest BCUT2D eigenvalue weighted by molar-refractivity contribution is 0.180. The summed E-state index contributed by atoms with van der Waals surface area (Å²) in [6.45, 7) is 2.08. The van der Waals surface area contributed by atoms with E-state index in [0.717, 1.165) is 29.7 Å². The highest BCUT2D eigenvalue weighted by molar-refractivity contribution is 7.80. The SMILES string of the molecule is CCC(=S)c1cccc2c1CCC2O. The van der Waals surface area contributed by atoms with Gasteiger partial charge in [0.2, 0.25) is 0 Å². The van der Waals surface area contributed by atoms with Gasteiger partial charge in [-0.15, -0.1) is 0 Å². The third-order valence-corrected chi connectivity index (χ3v) is 3.37. The Morgan fingerprint density at radius 2 is 2.36 bits per heavy atom. The molecule has 1 nitrogen and oxygen atoms in total. The van der Waals surface area contributed by atoms with Crippen LogP contribution in [-0.4, -0.2) is 9.97 Å². The van der Waals surface area contributed by atoms with E-state index in [1.165, 1.54) is 11.1 Å². The molecule has 1 aliphatic carbocycles. The Kier molecular flexibility index (Phi) is 2.66. The Morgan fingerprint density at radius 3 is 3.07 bits per heavy atom. The summed E-state index contributed by atoms with van der Waals surface area (Å²) < 4.78 is 0. The first-order valence-electron chi connectivity index (χ1n) is 5.07. The summed E-state index contributed by atoms with van der Waals surface area (Å²) in [6, 6.07) is 6.07. The van der Waals surface area contributed by atoms with Gasteiger partial charge in [0, 0.05) is 4.86 Å². The minimum Gasteiger partial charge on any atom is -0.388 e. The van der Waals surface area contributed by atoms with Crippen molar-refractivity contribution >= 4 is 17.1 Å². The summed E-state index contributed by atoms with van der Waals surface area (Å²) in [5.74, 6) is 0. The maximum atomic E-state index is 9.72. The highest BCUT2D eigenvalue weighted by Crippen LogP contribution is 2.33. The van der Waals surface area contributed by atoms with Gasteiger partial charge in [0.1, 0.15) is 0 Å². The molecule has 0 saturated carbocycles. The Balaban J connectivity index is 2.49. The largest absolute Gasteiger partial charge is 0.388 e. The zero-order valence-corrected chi connectivity index (χ0v) is 9.10. The van der Waals surface area contributed by atoms with Gasteiger partial charge in [0.05, 0.1) is 6.10 Å². The van der Waals surface area contributed by atoms with E-state index >= 15 is 0 Å². The normalized spacial score (nSPS) is 19.4. The van der Waals surface area contributed by atoms with Crippen LogP contribution in [0.4, 0.5) is 0 Å². The third-order valence-electron chi connectivity index (χ3n) is 2.86. The standard InChI is InChI=1S/C12H14OS/c1-2-12(14)10-5-3-4-9-8(10)6-7-11(9)13/h3-5,11,13H,2,6-7H2,1H3. The van der Waals surface area contributed by atoms with Crippen LogP contribution in [0.5, 0.6) is 0 Å². The van der Waals surface area contributed by atoms with Gasteiger partial charge in [0.25, 0.3) is 0 Å². The molecule has 1 N–H and O–H groups in total. The Bertz CT molecular complexity index is 371. The molecule has 0 bridgehead atoms. The number of aliphatic hydroxyl groups excluding tert-OH is 1. The predicted molar refractivity (Wildman–Crippen MR) is 61.7 cm³/mol. The maximum absolute atomic E-state index is 9.72. The van der Waals surface area contributed by atoms with Crippen LogP contribution in [0.25, 0.3) is 0 Å². The molecule has 0 spiro atoms. The van der Waals surface area contributed by atoms with Crippen LogP contribution in [0.15, 0.2) is 18.2 Å². The van der Waals surface area contributed by atoms with Crippen molar-refractivity contribution in [2.24, 2.45) is 0 Å². The summed E-state index contributed by atoms with van der Waals surface area (Å²) in [5.41, 5.74) is 3.53. The highest BCUT2D eigenvalue weighted by atomic mass is 32.1. The zero-order valence-electron chi connectivity index (χ0n) is 8.29. The fourth-order valence-corrected chi connectivity index (χ4v) is 2.28. The van der Waals surface area contributed by atoms with Gasteiger partial charge in [-0.1, -0.05) is 37.3 Å². The Labute approximate surface area is 89.8 Å². The van der Waals surface area contributed by atoms with Gasteiger partial charge in [-0.25, -0.2) is 0 Å². The van der Waals surface area contributed by atoms with Crippen LogP contribution in [0.2, 0.25) is 0 Å². The summed E-state index contributed by atoms with van der Waals surface area (Å²) in [5, 5.41) is 9.72. The summed E-state index contributed by atoms with van der Waals surface area (Å²) in [4.78, 5) is 1.01. The average Bonchev–Trinajstić information content (AvgIpc) is 2.59. The van der Waals surface area contributed by atoms with Gasteiger partial charge >= 0.3 is 0 Å². The summed E-state index contributed by atoms with van der Waals surface area (Å²) in [6.07, 6.45) is 2.44. The van der Waals surface area contributed by atoms with E-state index in [1.807, 2.05) is 12.1 Å². The topological polar surface area (TPSA) is 20.2 Å². The minimum absolute atomic E-state index is 0.274. The number of benzene rings is 1. The van der Waals surface area contributed by atoms with Crippen molar-refractivity contribution in [3.63, 3.8) is 0 Å². The summed E-state index contributed by atoms with van der Waals surface area (Å²) >= 11 is 5.32. The van der Waals surface area contributed by atoms with Crippen molar-refractivity contribution in [2.75, 3.05) is 0 Å². The van der Waals surface area contributed by atoms with Gasteiger partial charge < -0.3 is 5.11 Å². The quantitative estimate of drug-likeness (QED) is 0.593. The van der Waals surface area contributed by atoms with E-state index in [-0.39, 0.29) is 6.10 Å². The molecule has 2 heteroatoms. The second-order valence-corrected chi connectivity index (χ2v) is 4.20. The highest BCUT2D eigenvalue weighted by Gasteiger charge is 2.22. The lowest BCUT2D eigenvalue weighted by atomic mass is 9.99. The van der Waals surface area contributed by atoms with Crippen molar-refractivity contribution in [1.82, 2.24) is 0 Å². The number of thiocarbonyl (C=S) groups is 1. The van der Waals surface area contributed by atoms with Gasteiger partial charge in [-0.2, -0.15) is 0 Å². The first-order chi connectivity index (χ1) is 6.74. The number of rotatable bonds is 2. The van der Waals surface area contributed by atoms with E-state index in [1.54, 1.807) is 0 Å². The van der Waals surface area contributed by atoms with Crippen LogP contribution in [0, 0.1) is 0 Å². The van der Waals surface area contributed by atoms with E-state index in [4.69, 9.17) is 12.2 Å². The molecule has 0 aliphatic heterocycles. The average molecular weight is 206 g/mol. The van der Waals surface area contributed by atoms with Gasteiger partial charge in [-0.05, 0) is 36.0 Å². The second-order valence-electron chi connectivity index (χ2n) is 3.70. The van der Waals surface area contributed by atoms with E-state index in [2.05, 4.69) is 13.0 Å². The number of aliphatic hydroxyl groups is 1. The van der Waals surface area contributed by atoms with Crippen molar-refractivity contribution in [3.05, 3.63) is 34.9 Å². The number of hydrogen-bond acceptors (Lipinski definition) is 2. The zero-order chi connectivity index (χ0) is 10.1. The Hall–Kier alpha value is -0.730. The molecule has 74 valence electrons. The molecular weight excluding hydrogens is 192 g/mol. The lowest BCUT2D eigenvalue weighted by Gasteiger charge is -2.08. The molecule has 1 atom stereocenters. The van der Waals surface area contributed by atoms with Crippen molar-refractivity contribution in [3.8, 4) is 0 Å². The van der Waals surface area contributed by atoms with Crippen LogP contribution in [0.3, 0.4) is 0 Å². The second kappa shape index (κ2) is 3.79. The first-order valence-corrected chi connectivity index (χ1v) is 5.48. The maximum Gasteiger partial charge on any atom is 0.0796 e. The molecule has 1 aromatic rings. The molecule has 1 aromatic carbocycles. The molecule has 0 saturated heterocycles. The fourth-order valence-electron chi connectivity index (χ4n) is 2.08. The van der Waals surface area contributed by atoms with Gasteiger partial charge in [0.15, 0.2) is 0 Å². The minimum atomic E-state index is -0.274. The number of fused-ring (bicyclic) bond motifs is 1. The molecule has 0 fully saturated rings. The summed E-state index contributed by atoms with van der Waals surface area (Å²) in [7, 11) is 0. The molecule has 1 unspecified atom stereocenters. The molecule has 1 aliphatic rings. The Morgan fingerprint density at radius 1 is 1.57 bits per heavy atom. The smallest absolute Gasteiger partial charge is 0.0796 e. The third kappa shape index (κ3) is 1.49. The molecule has 2 rings (SSSR count). The van der Waals surface area contributed by atoms with E-state index < -0.39 is 0 Å². The lowest BCUT2D eigenvalue weighted by Crippen LogP contribution is -2.01. The number of hydrogen-bond donors (Lipinski definition) is 1. The van der Waals surface area contributed by atoms with Crippen molar-refractivity contribution < 1.29 is 5.11 Å². The fraction of sp³-hybridized carbons (Fsp3) is 0.417. The van der Waals surface area contributed by atoms with Gasteiger partial charge in [-0.3, -0.25) is 0 Å². The predicted octanol–water partition coefficient (Wildman–Crippen LogP) is 2.79. The molecule has 0 amide bonds. The van der Waals surface area contributed by atoms with Crippen LogP contribution >= 0.6 is 12.2 Å². The van der Waals surface area contributed by atoms with E-state index in [9.17, 15) is 5.11 Å². The van der Waals surface area contributed by atoms with Crippen molar-refractivity contribution in [1.29, 1.82) is 0 Å². The molecule has 0 radical (unpaired) electrons. The van der Waals surface area contributed by atoms with Crippen LogP contribution in [0.1, 0.15) is 42.6 Å². The van der Waals surface area contributed by atoms with Crippen molar-refractivity contribution in [2.45, 2.75) is 32.3 Å². The first kappa shape index (κ1) is 9.81. The van der Waals surface area contributed by atoms with Crippen LogP contribution in [-0.2, 0) is 6.42 Å². The molecular formula is C12H14OS. The van der Waals surface area contributed by atoms with Crippen LogP contribution < -0.4 is 0 Å². The molecule has 0 aromatic heterocycles. The molecule has 0 heterocycles. The van der Waals surface area contributed by atoms with E-state index in [0.29, 0.717) is 0 Å². The monoisotopic (exact) mass is 206 g/mol. The molecule has 14 heavy (non-hydrogen) atoms.